The van der Waals surface area contributed by atoms with Crippen molar-refractivity contribution in [3.8, 4) is 5.75 Å². The number of rotatable bonds is 7. The van der Waals surface area contributed by atoms with E-state index in [0.29, 0.717) is 23.6 Å². The highest BCUT2D eigenvalue weighted by molar-refractivity contribution is 7.26. The molecule has 0 atom stereocenters. The van der Waals surface area contributed by atoms with Crippen LogP contribution in [0.3, 0.4) is 0 Å². The van der Waals surface area contributed by atoms with Crippen LogP contribution in [-0.4, -0.2) is 18.5 Å². The molecular weight excluding hydrogens is 429 g/mol. The summed E-state index contributed by atoms with van der Waals surface area (Å²) >= 11 is 1.02. The molecule has 0 saturated heterocycles. The molecule has 0 aliphatic carbocycles. The van der Waals surface area contributed by atoms with E-state index in [9.17, 15) is 22.8 Å². The number of thiophene rings is 1. The van der Waals surface area contributed by atoms with Crippen LogP contribution in [0.25, 0.3) is 20.2 Å². The molecule has 31 heavy (non-hydrogen) atoms. The number of fused-ring (bicyclic) bond motifs is 3. The first-order valence-electron chi connectivity index (χ1n) is 9.35. The van der Waals surface area contributed by atoms with Crippen molar-refractivity contribution in [3.05, 3.63) is 66.3 Å². The molecular formula is C23H19F3O4S. The van der Waals surface area contributed by atoms with Crippen LogP contribution in [0.1, 0.15) is 23.1 Å². The van der Waals surface area contributed by atoms with E-state index in [2.05, 4.69) is 13.2 Å². The van der Waals surface area contributed by atoms with Gasteiger partial charge >= 0.3 is 18.1 Å². The van der Waals surface area contributed by atoms with Gasteiger partial charge in [0.1, 0.15) is 11.3 Å². The maximum Gasteiger partial charge on any atom is 0.421 e. The fourth-order valence-corrected chi connectivity index (χ4v) is 4.71. The van der Waals surface area contributed by atoms with Gasteiger partial charge in [-0.25, -0.2) is 9.59 Å². The summed E-state index contributed by atoms with van der Waals surface area (Å²) in [5.74, 6) is -2.00. The first kappa shape index (κ1) is 22.6. The number of ether oxygens (including phenoxy) is 2. The van der Waals surface area contributed by atoms with E-state index in [4.69, 9.17) is 9.47 Å². The Morgan fingerprint density at radius 2 is 1.68 bits per heavy atom. The molecule has 1 aromatic heterocycles. The van der Waals surface area contributed by atoms with Gasteiger partial charge in [0, 0.05) is 27.6 Å². The third-order valence-corrected chi connectivity index (χ3v) is 6.15. The van der Waals surface area contributed by atoms with E-state index in [1.54, 1.807) is 6.07 Å². The Bertz CT molecular complexity index is 1190. The van der Waals surface area contributed by atoms with E-state index in [-0.39, 0.29) is 11.3 Å². The molecule has 4 nitrogen and oxygen atoms in total. The molecule has 8 heteroatoms. The SMILES string of the molecule is C=CC(=O)OCCCc1ccc2c(sc3c(C(F)(F)F)c(OC(=O)C=C)ccc32)c1C. The van der Waals surface area contributed by atoms with Gasteiger partial charge in [0.05, 0.1) is 11.3 Å². The van der Waals surface area contributed by atoms with E-state index in [0.717, 1.165) is 45.4 Å². The van der Waals surface area contributed by atoms with Crippen LogP contribution >= 0.6 is 11.3 Å². The van der Waals surface area contributed by atoms with Gasteiger partial charge in [-0.3, -0.25) is 0 Å². The standard InChI is InChI=1S/C23H19F3O4S/c1-4-18(27)29-12-6-7-14-8-9-15-16-10-11-17(30-19(28)5-2)20(23(24,25)26)22(16)31-21(15)13(14)3/h4-5,8-11H,1-2,6-7,12H2,3H3. The number of halogens is 3. The fourth-order valence-electron chi connectivity index (χ4n) is 3.33. The minimum atomic E-state index is -4.71. The smallest absolute Gasteiger partial charge is 0.421 e. The van der Waals surface area contributed by atoms with Crippen LogP contribution in [0.2, 0.25) is 0 Å². The van der Waals surface area contributed by atoms with Gasteiger partial charge in [-0.05, 0) is 43.0 Å². The first-order chi connectivity index (χ1) is 14.7. The highest BCUT2D eigenvalue weighted by Crippen LogP contribution is 2.47. The molecule has 0 amide bonds. The Morgan fingerprint density at radius 1 is 1.03 bits per heavy atom. The summed E-state index contributed by atoms with van der Waals surface area (Å²) in [6.07, 6.45) is -1.62. The second-order valence-corrected chi connectivity index (χ2v) is 7.76. The summed E-state index contributed by atoms with van der Waals surface area (Å²) in [4.78, 5) is 22.6. The third kappa shape index (κ3) is 4.64. The van der Waals surface area contributed by atoms with Gasteiger partial charge in [-0.1, -0.05) is 25.3 Å². The molecule has 162 valence electrons. The Labute approximate surface area is 180 Å². The van der Waals surface area contributed by atoms with Gasteiger partial charge in [-0.15, -0.1) is 11.3 Å². The van der Waals surface area contributed by atoms with E-state index >= 15 is 0 Å². The second-order valence-electron chi connectivity index (χ2n) is 6.74. The molecule has 0 spiro atoms. The number of carbonyl (C=O) groups excluding carboxylic acids is 2. The average Bonchev–Trinajstić information content (AvgIpc) is 3.10. The number of esters is 2. The molecule has 0 fully saturated rings. The van der Waals surface area contributed by atoms with Crippen LogP contribution in [0, 0.1) is 6.92 Å². The molecule has 1 heterocycles. The van der Waals surface area contributed by atoms with Crippen LogP contribution in [0.4, 0.5) is 13.2 Å². The topological polar surface area (TPSA) is 52.6 Å². The zero-order valence-electron chi connectivity index (χ0n) is 16.7. The van der Waals surface area contributed by atoms with E-state index < -0.39 is 29.4 Å². The Morgan fingerprint density at radius 3 is 2.32 bits per heavy atom. The second kappa shape index (κ2) is 8.93. The van der Waals surface area contributed by atoms with Gasteiger partial charge in [0.15, 0.2) is 0 Å². The van der Waals surface area contributed by atoms with Crippen molar-refractivity contribution in [2.75, 3.05) is 6.61 Å². The van der Waals surface area contributed by atoms with Crippen molar-refractivity contribution in [1.82, 2.24) is 0 Å². The first-order valence-corrected chi connectivity index (χ1v) is 10.2. The molecule has 0 radical (unpaired) electrons. The monoisotopic (exact) mass is 448 g/mol. The number of aryl methyl sites for hydroxylation is 2. The number of hydrogen-bond acceptors (Lipinski definition) is 5. The number of benzene rings is 2. The highest BCUT2D eigenvalue weighted by Gasteiger charge is 2.38. The van der Waals surface area contributed by atoms with Crippen molar-refractivity contribution in [2.24, 2.45) is 0 Å². The van der Waals surface area contributed by atoms with Crippen molar-refractivity contribution in [3.63, 3.8) is 0 Å². The normalized spacial score (nSPS) is 11.5. The molecule has 3 aromatic rings. The summed E-state index contributed by atoms with van der Waals surface area (Å²) in [7, 11) is 0. The van der Waals surface area contributed by atoms with Crippen LogP contribution in [0.15, 0.2) is 49.6 Å². The lowest BCUT2D eigenvalue weighted by Crippen LogP contribution is -2.11. The van der Waals surface area contributed by atoms with Crippen molar-refractivity contribution in [2.45, 2.75) is 25.9 Å². The maximum absolute atomic E-state index is 13.9. The molecule has 2 aromatic carbocycles. The van der Waals surface area contributed by atoms with Crippen LogP contribution in [-0.2, 0) is 26.9 Å². The zero-order chi connectivity index (χ0) is 22.8. The molecule has 0 aliphatic heterocycles. The van der Waals surface area contributed by atoms with Crippen molar-refractivity contribution in [1.29, 1.82) is 0 Å². The number of alkyl halides is 3. The lowest BCUT2D eigenvalue weighted by atomic mass is 10.0. The Hall–Kier alpha value is -3.13. The predicted octanol–water partition coefficient (Wildman–Crippen LogP) is 6.13. The molecule has 0 aliphatic rings. The average molecular weight is 448 g/mol. The minimum absolute atomic E-state index is 0.0111. The lowest BCUT2D eigenvalue weighted by Gasteiger charge is -2.13. The lowest BCUT2D eigenvalue weighted by molar-refractivity contribution is -0.140. The third-order valence-electron chi connectivity index (χ3n) is 4.79. The number of hydrogen-bond donors (Lipinski definition) is 0. The summed E-state index contributed by atoms with van der Waals surface area (Å²) in [5.41, 5.74) is 0.853. The van der Waals surface area contributed by atoms with Crippen LogP contribution in [0.5, 0.6) is 5.75 Å². The van der Waals surface area contributed by atoms with Crippen molar-refractivity contribution >= 4 is 43.4 Å². The van der Waals surface area contributed by atoms with Gasteiger partial charge < -0.3 is 9.47 Å². The molecule has 3 rings (SSSR count). The molecule has 0 saturated carbocycles. The minimum Gasteiger partial charge on any atom is -0.463 e. The predicted molar refractivity (Wildman–Crippen MR) is 114 cm³/mol. The summed E-state index contributed by atoms with van der Waals surface area (Å²) in [5, 5.41) is 1.15. The van der Waals surface area contributed by atoms with Gasteiger partial charge in [0.25, 0.3) is 0 Å². The highest BCUT2D eigenvalue weighted by atomic mass is 32.1. The van der Waals surface area contributed by atoms with Gasteiger partial charge in [-0.2, -0.15) is 13.2 Å². The largest absolute Gasteiger partial charge is 0.463 e. The Balaban J connectivity index is 2.05. The van der Waals surface area contributed by atoms with Crippen molar-refractivity contribution < 1.29 is 32.2 Å². The Kier molecular flexibility index (Phi) is 6.50. The summed E-state index contributed by atoms with van der Waals surface area (Å²) in [6.45, 7) is 8.64. The summed E-state index contributed by atoms with van der Waals surface area (Å²) in [6, 6.07) is 6.36. The van der Waals surface area contributed by atoms with Gasteiger partial charge in [0.2, 0.25) is 0 Å². The quantitative estimate of drug-likeness (QED) is 0.189. The molecule has 0 bridgehead atoms. The van der Waals surface area contributed by atoms with E-state index in [1.165, 1.54) is 6.07 Å². The zero-order valence-corrected chi connectivity index (χ0v) is 17.5. The maximum atomic E-state index is 13.9. The fraction of sp³-hybridized carbons (Fsp3) is 0.217. The van der Waals surface area contributed by atoms with Crippen LogP contribution < -0.4 is 4.74 Å². The molecule has 0 N–H and O–H groups in total. The van der Waals surface area contributed by atoms with E-state index in [1.807, 2.05) is 13.0 Å². The summed E-state index contributed by atoms with van der Waals surface area (Å²) < 4.78 is 52.2. The number of carbonyl (C=O) groups is 2. The molecule has 0 unspecified atom stereocenters.